The Bertz CT molecular complexity index is 741. The van der Waals surface area contributed by atoms with Crippen LogP contribution in [0.3, 0.4) is 0 Å². The van der Waals surface area contributed by atoms with Crippen molar-refractivity contribution in [3.8, 4) is 0 Å². The highest BCUT2D eigenvalue weighted by molar-refractivity contribution is 9.11. The molecule has 1 saturated heterocycles. The van der Waals surface area contributed by atoms with Gasteiger partial charge in [-0.25, -0.2) is 4.79 Å². The number of piperazine rings is 1. The molecule has 1 aromatic heterocycles. The highest BCUT2D eigenvalue weighted by Gasteiger charge is 2.26. The molecule has 0 atom stereocenters. The van der Waals surface area contributed by atoms with Crippen LogP contribution in [0, 0.1) is 0 Å². The average molecular weight is 457 g/mol. The molecule has 2 heterocycles. The summed E-state index contributed by atoms with van der Waals surface area (Å²) in [4.78, 5) is 28.0. The number of carbonyl (C=O) groups is 2. The molecule has 0 radical (unpaired) electrons. The summed E-state index contributed by atoms with van der Waals surface area (Å²) in [5, 5.41) is 2.88. The van der Waals surface area contributed by atoms with Gasteiger partial charge in [0, 0.05) is 35.1 Å². The Balaban J connectivity index is 1.57. The fraction of sp³-hybridized carbons (Fsp3) is 0.250. The van der Waals surface area contributed by atoms with Crippen LogP contribution in [0.2, 0.25) is 0 Å². The molecule has 8 heteroatoms. The van der Waals surface area contributed by atoms with Crippen LogP contribution in [0.15, 0.2) is 50.0 Å². The predicted octanol–water partition coefficient (Wildman–Crippen LogP) is 3.79. The number of furan rings is 1. The number of halogens is 2. The number of benzene rings is 1. The molecular weight excluding hydrogens is 442 g/mol. The summed E-state index contributed by atoms with van der Waals surface area (Å²) in [5.74, 6) is 0.181. The number of hydrogen-bond donors (Lipinski definition) is 1. The third-order valence-electron chi connectivity index (χ3n) is 3.76. The van der Waals surface area contributed by atoms with Crippen molar-refractivity contribution in [3.63, 3.8) is 0 Å². The van der Waals surface area contributed by atoms with Crippen molar-refractivity contribution in [2.24, 2.45) is 0 Å². The van der Waals surface area contributed by atoms with Crippen molar-refractivity contribution in [1.82, 2.24) is 9.80 Å². The van der Waals surface area contributed by atoms with Gasteiger partial charge in [0.2, 0.25) is 0 Å². The summed E-state index contributed by atoms with van der Waals surface area (Å²) < 4.78 is 6.83. The Morgan fingerprint density at radius 2 is 1.75 bits per heavy atom. The first kappa shape index (κ1) is 17.0. The smallest absolute Gasteiger partial charge is 0.321 e. The lowest BCUT2D eigenvalue weighted by molar-refractivity contribution is 0.0640. The molecule has 0 spiro atoms. The summed E-state index contributed by atoms with van der Waals surface area (Å²) in [5.41, 5.74) is 0.698. The lowest BCUT2D eigenvalue weighted by Gasteiger charge is -2.34. The number of nitrogens with one attached hydrogen (secondary N) is 1. The maximum absolute atomic E-state index is 12.4. The molecule has 0 aliphatic carbocycles. The predicted molar refractivity (Wildman–Crippen MR) is 97.0 cm³/mol. The van der Waals surface area contributed by atoms with Crippen molar-refractivity contribution < 1.29 is 14.0 Å². The second kappa shape index (κ2) is 7.40. The first-order valence-corrected chi connectivity index (χ1v) is 8.97. The third kappa shape index (κ3) is 3.81. The van der Waals surface area contributed by atoms with Crippen molar-refractivity contribution >= 4 is 49.5 Å². The molecule has 6 nitrogen and oxygen atoms in total. The maximum Gasteiger partial charge on any atom is 0.321 e. The van der Waals surface area contributed by atoms with E-state index in [2.05, 4.69) is 37.2 Å². The summed E-state index contributed by atoms with van der Waals surface area (Å²) in [6.07, 6.45) is 1.48. The number of carbonyl (C=O) groups excluding carboxylic acids is 2. The van der Waals surface area contributed by atoms with Crippen LogP contribution in [-0.4, -0.2) is 47.9 Å². The second-order valence-electron chi connectivity index (χ2n) is 5.31. The highest BCUT2D eigenvalue weighted by atomic mass is 79.9. The van der Waals surface area contributed by atoms with Crippen LogP contribution in [0.25, 0.3) is 0 Å². The Hall–Kier alpha value is -1.80. The van der Waals surface area contributed by atoms with Gasteiger partial charge in [-0.15, -0.1) is 0 Å². The van der Waals surface area contributed by atoms with Gasteiger partial charge < -0.3 is 19.5 Å². The number of rotatable bonds is 2. The Morgan fingerprint density at radius 3 is 2.42 bits per heavy atom. The summed E-state index contributed by atoms with van der Waals surface area (Å²) in [6, 6.07) is 8.73. The summed E-state index contributed by atoms with van der Waals surface area (Å²) in [6.45, 7) is 1.91. The summed E-state index contributed by atoms with van der Waals surface area (Å²) >= 11 is 6.80. The van der Waals surface area contributed by atoms with Gasteiger partial charge in [0.1, 0.15) is 0 Å². The molecule has 1 aliphatic heterocycles. The van der Waals surface area contributed by atoms with Crippen molar-refractivity contribution in [2.45, 2.75) is 0 Å². The van der Waals surface area contributed by atoms with Crippen LogP contribution in [0.4, 0.5) is 10.5 Å². The normalized spacial score (nSPS) is 14.6. The van der Waals surface area contributed by atoms with Crippen molar-refractivity contribution in [2.75, 3.05) is 31.5 Å². The van der Waals surface area contributed by atoms with Gasteiger partial charge in [0.15, 0.2) is 5.76 Å². The minimum absolute atomic E-state index is 0.144. The van der Waals surface area contributed by atoms with E-state index in [9.17, 15) is 9.59 Å². The van der Waals surface area contributed by atoms with E-state index >= 15 is 0 Å². The zero-order chi connectivity index (χ0) is 17.1. The van der Waals surface area contributed by atoms with Crippen molar-refractivity contribution in [3.05, 3.63) is 51.3 Å². The van der Waals surface area contributed by atoms with E-state index in [1.807, 2.05) is 18.2 Å². The van der Waals surface area contributed by atoms with E-state index in [1.165, 1.54) is 6.26 Å². The Kier molecular flexibility index (Phi) is 5.25. The standard InChI is InChI=1S/C16H15Br2N3O3/c17-11-3-4-12(18)13(10-11)19-16(23)21-7-5-20(6-8-21)15(22)14-2-1-9-24-14/h1-4,9-10H,5-8H2,(H,19,23). The van der Waals surface area contributed by atoms with Crippen LogP contribution in [0.5, 0.6) is 0 Å². The van der Waals surface area contributed by atoms with Gasteiger partial charge in [0.05, 0.1) is 12.0 Å². The molecule has 3 amide bonds. The first-order valence-electron chi connectivity index (χ1n) is 7.38. The summed E-state index contributed by atoms with van der Waals surface area (Å²) in [7, 11) is 0. The lowest BCUT2D eigenvalue weighted by atomic mass is 10.3. The van der Waals surface area contributed by atoms with E-state index in [4.69, 9.17) is 4.42 Å². The van der Waals surface area contributed by atoms with Crippen LogP contribution >= 0.6 is 31.9 Å². The molecule has 2 aromatic rings. The van der Waals surface area contributed by atoms with Crippen molar-refractivity contribution in [1.29, 1.82) is 0 Å². The number of urea groups is 1. The van der Waals surface area contributed by atoms with Gasteiger partial charge >= 0.3 is 6.03 Å². The maximum atomic E-state index is 12.4. The number of hydrogen-bond acceptors (Lipinski definition) is 3. The van der Waals surface area contributed by atoms with Gasteiger partial charge in [-0.05, 0) is 46.3 Å². The first-order chi connectivity index (χ1) is 11.5. The minimum atomic E-state index is -0.182. The molecule has 1 aliphatic rings. The lowest BCUT2D eigenvalue weighted by Crippen LogP contribution is -2.51. The van der Waals surface area contributed by atoms with Crippen LogP contribution < -0.4 is 5.32 Å². The monoisotopic (exact) mass is 455 g/mol. The fourth-order valence-electron chi connectivity index (χ4n) is 2.46. The quantitative estimate of drug-likeness (QED) is 0.747. The molecule has 1 N–H and O–H groups in total. The molecule has 1 fully saturated rings. The Labute approximate surface area is 156 Å². The SMILES string of the molecule is O=C(Nc1cc(Br)ccc1Br)N1CCN(C(=O)c2ccco2)CC1. The minimum Gasteiger partial charge on any atom is -0.459 e. The molecule has 0 saturated carbocycles. The zero-order valence-corrected chi connectivity index (χ0v) is 15.8. The number of nitrogens with zero attached hydrogens (tertiary/aromatic N) is 2. The van der Waals surface area contributed by atoms with E-state index in [-0.39, 0.29) is 11.9 Å². The second-order valence-corrected chi connectivity index (χ2v) is 7.08. The molecular formula is C16H15Br2N3O3. The number of anilines is 1. The van der Waals surface area contributed by atoms with Gasteiger partial charge in [-0.1, -0.05) is 15.9 Å². The molecule has 3 rings (SSSR count). The van der Waals surface area contributed by atoms with E-state index in [0.717, 1.165) is 8.95 Å². The van der Waals surface area contributed by atoms with Gasteiger partial charge in [0.25, 0.3) is 5.91 Å². The average Bonchev–Trinajstić information content (AvgIpc) is 3.12. The van der Waals surface area contributed by atoms with E-state index < -0.39 is 0 Å². The molecule has 0 unspecified atom stereocenters. The topological polar surface area (TPSA) is 65.8 Å². The Morgan fingerprint density at radius 1 is 1.04 bits per heavy atom. The van der Waals surface area contributed by atoms with E-state index in [1.54, 1.807) is 21.9 Å². The van der Waals surface area contributed by atoms with Crippen LogP contribution in [-0.2, 0) is 0 Å². The largest absolute Gasteiger partial charge is 0.459 e. The zero-order valence-electron chi connectivity index (χ0n) is 12.7. The highest BCUT2D eigenvalue weighted by Crippen LogP contribution is 2.26. The fourth-order valence-corrected chi connectivity index (χ4v) is 3.16. The third-order valence-corrected chi connectivity index (χ3v) is 4.94. The molecule has 126 valence electrons. The molecule has 1 aromatic carbocycles. The van der Waals surface area contributed by atoms with Gasteiger partial charge in [-0.3, -0.25) is 4.79 Å². The molecule has 0 bridgehead atoms. The van der Waals surface area contributed by atoms with Gasteiger partial charge in [-0.2, -0.15) is 0 Å². The molecule has 24 heavy (non-hydrogen) atoms. The van der Waals surface area contributed by atoms with E-state index in [0.29, 0.717) is 37.6 Å². The van der Waals surface area contributed by atoms with Crippen LogP contribution in [0.1, 0.15) is 10.6 Å². The number of amides is 3.